The van der Waals surface area contributed by atoms with Crippen LogP contribution in [0.2, 0.25) is 0 Å². The SMILES string of the molecule is Cn1cc(C2CC(C(=O)O)CN(C(=O)Nc3cccc(N4C(=O)CNC4=O)c3)C2)cn1. The molecule has 11 heteroatoms. The Bertz CT molecular complexity index is 1030. The van der Waals surface area contributed by atoms with Gasteiger partial charge in [0.15, 0.2) is 0 Å². The maximum atomic E-state index is 12.9. The number of aryl methyl sites for hydroxylation is 1. The van der Waals surface area contributed by atoms with Crippen LogP contribution in [0.5, 0.6) is 0 Å². The van der Waals surface area contributed by atoms with Crippen molar-refractivity contribution >= 4 is 35.3 Å². The van der Waals surface area contributed by atoms with Gasteiger partial charge in [-0.15, -0.1) is 0 Å². The molecule has 3 heterocycles. The van der Waals surface area contributed by atoms with E-state index in [0.717, 1.165) is 10.5 Å². The van der Waals surface area contributed by atoms with E-state index in [1.54, 1.807) is 36.1 Å². The number of hydrogen-bond acceptors (Lipinski definition) is 5. The summed E-state index contributed by atoms with van der Waals surface area (Å²) in [5.41, 5.74) is 1.62. The van der Waals surface area contributed by atoms with Gasteiger partial charge in [0.1, 0.15) is 0 Å². The minimum absolute atomic E-state index is 0.0739. The summed E-state index contributed by atoms with van der Waals surface area (Å²) >= 11 is 0. The van der Waals surface area contributed by atoms with E-state index in [9.17, 15) is 24.3 Å². The number of amides is 5. The smallest absolute Gasteiger partial charge is 0.329 e. The number of benzene rings is 1. The summed E-state index contributed by atoms with van der Waals surface area (Å²) in [6, 6.07) is 5.41. The first-order chi connectivity index (χ1) is 14.8. The van der Waals surface area contributed by atoms with E-state index in [2.05, 4.69) is 15.7 Å². The van der Waals surface area contributed by atoms with E-state index in [4.69, 9.17) is 0 Å². The number of aliphatic carboxylic acids is 1. The molecule has 2 saturated heterocycles. The van der Waals surface area contributed by atoms with Gasteiger partial charge in [0.05, 0.1) is 24.3 Å². The Morgan fingerprint density at radius 1 is 1.26 bits per heavy atom. The highest BCUT2D eigenvalue weighted by Crippen LogP contribution is 2.31. The monoisotopic (exact) mass is 426 g/mol. The molecule has 2 aliphatic heterocycles. The zero-order valence-electron chi connectivity index (χ0n) is 16.8. The fraction of sp³-hybridized carbons (Fsp3) is 0.350. The molecule has 3 N–H and O–H groups in total. The number of carbonyl (C=O) groups excluding carboxylic acids is 3. The van der Waals surface area contributed by atoms with Crippen molar-refractivity contribution in [2.24, 2.45) is 13.0 Å². The normalized spacial score (nSPS) is 21.2. The molecule has 1 aromatic heterocycles. The van der Waals surface area contributed by atoms with Crippen molar-refractivity contribution in [3.8, 4) is 0 Å². The number of piperidine rings is 1. The third kappa shape index (κ3) is 4.20. The summed E-state index contributed by atoms with van der Waals surface area (Å²) in [6.07, 6.45) is 3.94. The van der Waals surface area contributed by atoms with E-state index in [0.29, 0.717) is 24.3 Å². The molecule has 0 radical (unpaired) electrons. The van der Waals surface area contributed by atoms with Crippen molar-refractivity contribution in [2.75, 3.05) is 29.9 Å². The second kappa shape index (κ2) is 8.09. The van der Waals surface area contributed by atoms with Crippen molar-refractivity contribution in [3.63, 3.8) is 0 Å². The molecule has 4 rings (SSSR count). The second-order valence-electron chi connectivity index (χ2n) is 7.69. The maximum absolute atomic E-state index is 12.9. The van der Waals surface area contributed by atoms with Crippen LogP contribution in [0.15, 0.2) is 36.7 Å². The van der Waals surface area contributed by atoms with Gasteiger partial charge in [-0.05, 0) is 30.2 Å². The summed E-state index contributed by atoms with van der Waals surface area (Å²) in [7, 11) is 1.78. The highest BCUT2D eigenvalue weighted by molar-refractivity contribution is 6.20. The molecular weight excluding hydrogens is 404 g/mol. The number of urea groups is 2. The molecule has 11 nitrogen and oxygen atoms in total. The number of aromatic nitrogens is 2. The van der Waals surface area contributed by atoms with E-state index in [-0.39, 0.29) is 24.9 Å². The van der Waals surface area contributed by atoms with Gasteiger partial charge in [-0.2, -0.15) is 5.10 Å². The predicted molar refractivity (Wildman–Crippen MR) is 110 cm³/mol. The van der Waals surface area contributed by atoms with Gasteiger partial charge in [-0.1, -0.05) is 6.07 Å². The van der Waals surface area contributed by atoms with Gasteiger partial charge in [0.2, 0.25) is 0 Å². The molecule has 0 bridgehead atoms. The van der Waals surface area contributed by atoms with E-state index >= 15 is 0 Å². The lowest BCUT2D eigenvalue weighted by molar-refractivity contribution is -0.143. The van der Waals surface area contributed by atoms with Crippen molar-refractivity contribution in [2.45, 2.75) is 12.3 Å². The molecule has 162 valence electrons. The average molecular weight is 426 g/mol. The minimum Gasteiger partial charge on any atom is -0.481 e. The van der Waals surface area contributed by atoms with Crippen LogP contribution in [0, 0.1) is 5.92 Å². The molecule has 0 aliphatic carbocycles. The standard InChI is InChI=1S/C20H22N6O5/c1-24-9-14(7-22-24)12-5-13(18(28)29)11-25(10-12)20(31)23-15-3-2-4-16(6-15)26-17(27)8-21-19(26)30/h2-4,6-7,9,12-13H,5,8,10-11H2,1H3,(H,21,30)(H,23,31)(H,28,29). The zero-order valence-corrected chi connectivity index (χ0v) is 16.8. The van der Waals surface area contributed by atoms with Crippen LogP contribution in [0.4, 0.5) is 21.0 Å². The lowest BCUT2D eigenvalue weighted by atomic mass is 9.86. The molecule has 2 aromatic rings. The summed E-state index contributed by atoms with van der Waals surface area (Å²) < 4.78 is 1.64. The highest BCUT2D eigenvalue weighted by Gasteiger charge is 2.35. The van der Waals surface area contributed by atoms with Crippen LogP contribution in [-0.4, -0.2) is 63.4 Å². The first kappa shape index (κ1) is 20.4. The number of carboxylic acid groups (broad SMARTS) is 1. The van der Waals surface area contributed by atoms with E-state index in [1.165, 1.54) is 11.0 Å². The van der Waals surface area contributed by atoms with Gasteiger partial charge in [-0.25, -0.2) is 14.5 Å². The lowest BCUT2D eigenvalue weighted by Crippen LogP contribution is -2.47. The van der Waals surface area contributed by atoms with Crippen LogP contribution in [0.3, 0.4) is 0 Å². The first-order valence-electron chi connectivity index (χ1n) is 9.80. The van der Waals surface area contributed by atoms with Gasteiger partial charge in [0.25, 0.3) is 5.91 Å². The number of likely N-dealkylation sites (tertiary alicyclic amines) is 1. The molecule has 31 heavy (non-hydrogen) atoms. The zero-order chi connectivity index (χ0) is 22.1. The second-order valence-corrected chi connectivity index (χ2v) is 7.69. The Balaban J connectivity index is 1.50. The number of nitrogens with one attached hydrogen (secondary N) is 2. The molecule has 2 aliphatic rings. The Kier molecular flexibility index (Phi) is 5.32. The Morgan fingerprint density at radius 3 is 2.71 bits per heavy atom. The van der Waals surface area contributed by atoms with Crippen LogP contribution >= 0.6 is 0 Å². The predicted octanol–water partition coefficient (Wildman–Crippen LogP) is 1.20. The van der Waals surface area contributed by atoms with Gasteiger partial charge < -0.3 is 20.6 Å². The average Bonchev–Trinajstić information content (AvgIpc) is 3.32. The van der Waals surface area contributed by atoms with Crippen LogP contribution < -0.4 is 15.5 Å². The van der Waals surface area contributed by atoms with Crippen molar-refractivity contribution in [1.82, 2.24) is 20.0 Å². The Hall–Kier alpha value is -3.89. The third-order valence-electron chi connectivity index (χ3n) is 5.48. The largest absolute Gasteiger partial charge is 0.481 e. The van der Waals surface area contributed by atoms with Gasteiger partial charge in [-0.3, -0.25) is 14.3 Å². The number of rotatable bonds is 4. The fourth-order valence-electron chi connectivity index (χ4n) is 3.95. The quantitative estimate of drug-likeness (QED) is 0.629. The molecule has 0 spiro atoms. The Labute approximate surface area is 177 Å². The highest BCUT2D eigenvalue weighted by atomic mass is 16.4. The molecule has 2 atom stereocenters. The van der Waals surface area contributed by atoms with Gasteiger partial charge in [0, 0.05) is 37.9 Å². The number of carbonyl (C=O) groups is 4. The molecule has 0 saturated carbocycles. The molecular formula is C20H22N6O5. The first-order valence-corrected chi connectivity index (χ1v) is 9.80. The molecule has 1 aromatic carbocycles. The number of hydrogen-bond donors (Lipinski definition) is 3. The van der Waals surface area contributed by atoms with Crippen LogP contribution in [-0.2, 0) is 16.6 Å². The minimum atomic E-state index is -0.952. The maximum Gasteiger partial charge on any atom is 0.329 e. The number of carboxylic acids is 1. The summed E-state index contributed by atoms with van der Waals surface area (Å²) in [5.74, 6) is -2.17. The summed E-state index contributed by atoms with van der Waals surface area (Å²) in [4.78, 5) is 50.9. The summed E-state index contributed by atoms with van der Waals surface area (Å²) in [5, 5.41) is 18.9. The van der Waals surface area contributed by atoms with Crippen LogP contribution in [0.1, 0.15) is 17.9 Å². The Morgan fingerprint density at radius 2 is 2.06 bits per heavy atom. The fourth-order valence-corrected chi connectivity index (χ4v) is 3.95. The molecule has 2 fully saturated rings. The van der Waals surface area contributed by atoms with Crippen molar-refractivity contribution in [1.29, 1.82) is 0 Å². The van der Waals surface area contributed by atoms with E-state index in [1.807, 2.05) is 6.20 Å². The third-order valence-corrected chi connectivity index (χ3v) is 5.48. The lowest BCUT2D eigenvalue weighted by Gasteiger charge is -2.35. The van der Waals surface area contributed by atoms with E-state index < -0.39 is 23.9 Å². The number of nitrogens with zero attached hydrogens (tertiary/aromatic N) is 4. The van der Waals surface area contributed by atoms with Crippen LogP contribution in [0.25, 0.3) is 0 Å². The number of anilines is 2. The number of imide groups is 1. The van der Waals surface area contributed by atoms with Gasteiger partial charge >= 0.3 is 18.0 Å². The molecule has 5 amide bonds. The van der Waals surface area contributed by atoms with Crippen molar-refractivity contribution in [3.05, 3.63) is 42.2 Å². The molecule has 2 unspecified atom stereocenters. The topological polar surface area (TPSA) is 137 Å². The summed E-state index contributed by atoms with van der Waals surface area (Å²) in [6.45, 7) is 0.369. The van der Waals surface area contributed by atoms with Crippen molar-refractivity contribution < 1.29 is 24.3 Å².